The van der Waals surface area contributed by atoms with Crippen LogP contribution in [0.3, 0.4) is 0 Å². The molecular weight excluding hydrogens is 300 g/mol. The molecule has 3 rings (SSSR count). The maximum Gasteiger partial charge on any atom is 0.234 e. The standard InChI is InChI=1S/C18H18N6/c1-18(2,3)15-10-12(13(11-19)16(20)23-15)14-6-4-9-24(14)17-21-7-5-8-22-17/h4-10H,1-3H3,(H2,20,23). The van der Waals surface area contributed by atoms with Gasteiger partial charge in [-0.15, -0.1) is 0 Å². The smallest absolute Gasteiger partial charge is 0.234 e. The highest BCUT2D eigenvalue weighted by Gasteiger charge is 2.22. The van der Waals surface area contributed by atoms with Crippen LogP contribution < -0.4 is 5.73 Å². The number of hydrogen-bond acceptors (Lipinski definition) is 5. The first-order valence-corrected chi connectivity index (χ1v) is 7.58. The largest absolute Gasteiger partial charge is 0.383 e. The van der Waals surface area contributed by atoms with E-state index < -0.39 is 0 Å². The Morgan fingerprint density at radius 2 is 1.88 bits per heavy atom. The zero-order valence-corrected chi connectivity index (χ0v) is 13.9. The van der Waals surface area contributed by atoms with E-state index in [9.17, 15) is 5.26 Å². The van der Waals surface area contributed by atoms with Crippen LogP contribution in [0.2, 0.25) is 0 Å². The van der Waals surface area contributed by atoms with Gasteiger partial charge in [0, 0.05) is 35.3 Å². The van der Waals surface area contributed by atoms with Crippen LogP contribution >= 0.6 is 0 Å². The number of rotatable bonds is 2. The van der Waals surface area contributed by atoms with Crippen molar-refractivity contribution in [3.05, 3.63) is 54.1 Å². The first-order chi connectivity index (χ1) is 11.4. The number of nitrogen functional groups attached to an aromatic ring is 1. The number of hydrogen-bond donors (Lipinski definition) is 1. The van der Waals surface area contributed by atoms with Crippen molar-refractivity contribution in [2.24, 2.45) is 0 Å². The molecule has 0 bridgehead atoms. The highest BCUT2D eigenvalue weighted by molar-refractivity contribution is 5.75. The van der Waals surface area contributed by atoms with Crippen LogP contribution in [-0.4, -0.2) is 19.5 Å². The van der Waals surface area contributed by atoms with Gasteiger partial charge in [0.05, 0.1) is 5.69 Å². The van der Waals surface area contributed by atoms with Gasteiger partial charge >= 0.3 is 0 Å². The van der Waals surface area contributed by atoms with Crippen molar-refractivity contribution in [3.63, 3.8) is 0 Å². The Morgan fingerprint density at radius 3 is 2.50 bits per heavy atom. The highest BCUT2D eigenvalue weighted by Crippen LogP contribution is 2.32. The van der Waals surface area contributed by atoms with Gasteiger partial charge in [0.25, 0.3) is 0 Å². The normalized spacial score (nSPS) is 11.2. The molecule has 0 aromatic carbocycles. The quantitative estimate of drug-likeness (QED) is 0.783. The molecule has 0 atom stereocenters. The van der Waals surface area contributed by atoms with Crippen LogP contribution in [0.25, 0.3) is 17.2 Å². The molecule has 24 heavy (non-hydrogen) atoms. The Balaban J connectivity index is 2.26. The fourth-order valence-corrected chi connectivity index (χ4v) is 2.46. The van der Waals surface area contributed by atoms with Gasteiger partial charge in [-0.2, -0.15) is 5.26 Å². The molecule has 6 heteroatoms. The molecule has 0 aliphatic rings. The number of nitrogens with zero attached hydrogens (tertiary/aromatic N) is 5. The predicted molar refractivity (Wildman–Crippen MR) is 92.4 cm³/mol. The third kappa shape index (κ3) is 2.72. The summed E-state index contributed by atoms with van der Waals surface area (Å²) in [5.74, 6) is 0.774. The van der Waals surface area contributed by atoms with Crippen LogP contribution in [-0.2, 0) is 5.41 Å². The van der Waals surface area contributed by atoms with Crippen molar-refractivity contribution in [2.75, 3.05) is 5.73 Å². The molecule has 0 saturated heterocycles. The maximum atomic E-state index is 9.54. The van der Waals surface area contributed by atoms with Gasteiger partial charge in [0.1, 0.15) is 17.5 Å². The summed E-state index contributed by atoms with van der Waals surface area (Å²) >= 11 is 0. The fraction of sp³-hybridized carbons (Fsp3) is 0.222. The number of aromatic nitrogens is 4. The summed E-state index contributed by atoms with van der Waals surface area (Å²) in [5, 5.41) is 9.54. The van der Waals surface area contributed by atoms with Gasteiger partial charge in [-0.3, -0.25) is 4.57 Å². The fourth-order valence-electron chi connectivity index (χ4n) is 2.46. The summed E-state index contributed by atoms with van der Waals surface area (Å²) in [6, 6.07) is 9.65. The van der Waals surface area contributed by atoms with Gasteiger partial charge < -0.3 is 5.73 Å². The Labute approximate surface area is 140 Å². The molecule has 3 heterocycles. The van der Waals surface area contributed by atoms with E-state index in [1.807, 2.05) is 29.0 Å². The second kappa shape index (κ2) is 5.78. The molecule has 0 saturated carbocycles. The lowest BCUT2D eigenvalue weighted by molar-refractivity contribution is 0.570. The maximum absolute atomic E-state index is 9.54. The topological polar surface area (TPSA) is 93.4 Å². The molecule has 0 unspecified atom stereocenters. The average Bonchev–Trinajstić information content (AvgIpc) is 3.03. The van der Waals surface area contributed by atoms with Crippen molar-refractivity contribution in [1.82, 2.24) is 19.5 Å². The van der Waals surface area contributed by atoms with Gasteiger partial charge in [0.2, 0.25) is 5.95 Å². The Morgan fingerprint density at radius 1 is 1.17 bits per heavy atom. The monoisotopic (exact) mass is 318 g/mol. The number of nitriles is 1. The van der Waals surface area contributed by atoms with E-state index in [-0.39, 0.29) is 11.2 Å². The number of pyridine rings is 1. The second-order valence-electron chi connectivity index (χ2n) is 6.49. The van der Waals surface area contributed by atoms with Gasteiger partial charge in [-0.1, -0.05) is 20.8 Å². The molecule has 0 fully saturated rings. The lowest BCUT2D eigenvalue weighted by Gasteiger charge is -2.20. The van der Waals surface area contributed by atoms with E-state index in [0.29, 0.717) is 11.5 Å². The molecule has 0 spiro atoms. The summed E-state index contributed by atoms with van der Waals surface area (Å²) in [5.41, 5.74) is 8.59. The molecule has 3 aromatic rings. The van der Waals surface area contributed by atoms with Crippen molar-refractivity contribution < 1.29 is 0 Å². The van der Waals surface area contributed by atoms with Crippen LogP contribution in [0.5, 0.6) is 0 Å². The van der Waals surface area contributed by atoms with Crippen LogP contribution in [0, 0.1) is 11.3 Å². The first kappa shape index (κ1) is 15.7. The summed E-state index contributed by atoms with van der Waals surface area (Å²) in [4.78, 5) is 13.0. The van der Waals surface area contributed by atoms with Crippen molar-refractivity contribution in [3.8, 4) is 23.3 Å². The molecule has 6 nitrogen and oxygen atoms in total. The molecule has 120 valence electrons. The third-order valence-electron chi connectivity index (χ3n) is 3.72. The van der Waals surface area contributed by atoms with Crippen LogP contribution in [0.4, 0.5) is 5.82 Å². The molecular formula is C18H18N6. The van der Waals surface area contributed by atoms with Crippen molar-refractivity contribution in [2.45, 2.75) is 26.2 Å². The second-order valence-corrected chi connectivity index (χ2v) is 6.49. The predicted octanol–water partition coefficient (Wildman–Crippen LogP) is 3.08. The van der Waals surface area contributed by atoms with E-state index in [1.165, 1.54) is 0 Å². The molecule has 2 N–H and O–H groups in total. The Bertz CT molecular complexity index is 913. The van der Waals surface area contributed by atoms with Gasteiger partial charge in [-0.05, 0) is 24.3 Å². The van der Waals surface area contributed by atoms with Crippen LogP contribution in [0.15, 0.2) is 42.9 Å². The number of anilines is 1. The minimum absolute atomic E-state index is 0.183. The zero-order chi connectivity index (χ0) is 17.3. The summed E-state index contributed by atoms with van der Waals surface area (Å²) in [6.45, 7) is 6.18. The summed E-state index contributed by atoms with van der Waals surface area (Å²) in [6.07, 6.45) is 5.22. The highest BCUT2D eigenvalue weighted by atomic mass is 15.1. The summed E-state index contributed by atoms with van der Waals surface area (Å²) < 4.78 is 1.84. The molecule has 0 aliphatic carbocycles. The molecule has 0 aliphatic heterocycles. The zero-order valence-electron chi connectivity index (χ0n) is 13.9. The van der Waals surface area contributed by atoms with Crippen molar-refractivity contribution in [1.29, 1.82) is 5.26 Å². The molecule has 3 aromatic heterocycles. The third-order valence-corrected chi connectivity index (χ3v) is 3.72. The molecule has 0 amide bonds. The minimum Gasteiger partial charge on any atom is -0.383 e. The van der Waals surface area contributed by atoms with E-state index in [1.54, 1.807) is 18.5 Å². The minimum atomic E-state index is -0.183. The van der Waals surface area contributed by atoms with E-state index in [2.05, 4.69) is 41.8 Å². The summed E-state index contributed by atoms with van der Waals surface area (Å²) in [7, 11) is 0. The van der Waals surface area contributed by atoms with E-state index >= 15 is 0 Å². The van der Waals surface area contributed by atoms with Gasteiger partial charge in [-0.25, -0.2) is 15.0 Å². The van der Waals surface area contributed by atoms with E-state index in [0.717, 1.165) is 17.0 Å². The lowest BCUT2D eigenvalue weighted by Crippen LogP contribution is -2.16. The van der Waals surface area contributed by atoms with Crippen molar-refractivity contribution >= 4 is 5.82 Å². The average molecular weight is 318 g/mol. The van der Waals surface area contributed by atoms with E-state index in [4.69, 9.17) is 5.73 Å². The lowest BCUT2D eigenvalue weighted by atomic mass is 9.89. The van der Waals surface area contributed by atoms with Crippen LogP contribution in [0.1, 0.15) is 32.0 Å². The first-order valence-electron chi connectivity index (χ1n) is 7.58. The SMILES string of the molecule is CC(C)(C)c1cc(-c2cccn2-c2ncccn2)c(C#N)c(N)n1. The Hall–Kier alpha value is -3.20. The van der Waals surface area contributed by atoms with Gasteiger partial charge in [0.15, 0.2) is 0 Å². The Kier molecular flexibility index (Phi) is 3.78. The molecule has 0 radical (unpaired) electrons. The number of nitrogens with two attached hydrogens (primary N) is 1.